The van der Waals surface area contributed by atoms with Gasteiger partial charge in [0.15, 0.2) is 0 Å². The van der Waals surface area contributed by atoms with Crippen molar-refractivity contribution in [1.29, 1.82) is 0 Å². The third kappa shape index (κ3) is 2.18. The molecular weight excluding hydrogens is 276 g/mol. The summed E-state index contributed by atoms with van der Waals surface area (Å²) in [7, 11) is 1.63. The molecule has 0 amide bonds. The normalized spacial score (nSPS) is 16.3. The first-order valence-electron chi connectivity index (χ1n) is 5.59. The molecular formula is C11H11ClN2O3S. The molecule has 0 bridgehead atoms. The van der Waals surface area contributed by atoms with Crippen LogP contribution in [0.1, 0.15) is 24.4 Å². The third-order valence-corrected chi connectivity index (χ3v) is 4.04. The maximum Gasteiger partial charge on any atom is 0.326 e. The largest absolute Gasteiger partial charge is 0.326 e. The van der Waals surface area contributed by atoms with Crippen molar-refractivity contribution >= 4 is 30.8 Å². The Labute approximate surface area is 108 Å². The highest BCUT2D eigenvalue weighted by Crippen LogP contribution is 2.35. The van der Waals surface area contributed by atoms with E-state index in [1.807, 2.05) is 0 Å². The van der Waals surface area contributed by atoms with Crippen molar-refractivity contribution in [3.63, 3.8) is 0 Å². The maximum atomic E-state index is 11.8. The number of hydrogen-bond donors (Lipinski definition) is 1. The average molecular weight is 287 g/mol. The van der Waals surface area contributed by atoms with Crippen LogP contribution in [0.5, 0.6) is 0 Å². The van der Waals surface area contributed by atoms with E-state index in [0.717, 1.165) is 18.4 Å². The summed E-state index contributed by atoms with van der Waals surface area (Å²) in [5.41, 5.74) is 1.91. The van der Waals surface area contributed by atoms with Gasteiger partial charge in [-0.1, -0.05) is 6.07 Å². The Hall–Kier alpha value is -1.27. The summed E-state index contributed by atoms with van der Waals surface area (Å²) in [6.45, 7) is 0. The highest BCUT2D eigenvalue weighted by atomic mass is 35.7. The summed E-state index contributed by atoms with van der Waals surface area (Å²) in [4.78, 5) is 14.5. The predicted molar refractivity (Wildman–Crippen MR) is 69.3 cm³/mol. The van der Waals surface area contributed by atoms with Crippen LogP contribution in [0.2, 0.25) is 0 Å². The molecule has 1 aliphatic carbocycles. The van der Waals surface area contributed by atoms with Crippen LogP contribution >= 0.6 is 10.7 Å². The second-order valence-electron chi connectivity index (χ2n) is 4.57. The van der Waals surface area contributed by atoms with Crippen molar-refractivity contribution in [2.75, 3.05) is 0 Å². The Morgan fingerprint density at radius 1 is 1.39 bits per heavy atom. The molecule has 2 aromatic rings. The Bertz CT molecular complexity index is 771. The quantitative estimate of drug-likeness (QED) is 0.874. The number of nitrogens with zero attached hydrogens (tertiary/aromatic N) is 1. The van der Waals surface area contributed by atoms with Crippen LogP contribution < -0.4 is 5.69 Å². The summed E-state index contributed by atoms with van der Waals surface area (Å²) >= 11 is 0. The molecule has 0 saturated heterocycles. The van der Waals surface area contributed by atoms with Crippen LogP contribution in [-0.4, -0.2) is 18.0 Å². The minimum absolute atomic E-state index is 0.140. The first kappa shape index (κ1) is 11.8. The zero-order chi connectivity index (χ0) is 12.9. The van der Waals surface area contributed by atoms with Crippen LogP contribution in [0, 0.1) is 0 Å². The van der Waals surface area contributed by atoms with Crippen molar-refractivity contribution in [1.82, 2.24) is 9.55 Å². The van der Waals surface area contributed by atoms with Gasteiger partial charge in [-0.3, -0.25) is 4.57 Å². The molecule has 0 aliphatic heterocycles. The Kier molecular flexibility index (Phi) is 2.53. The number of rotatable bonds is 3. The molecule has 96 valence electrons. The lowest BCUT2D eigenvalue weighted by Crippen LogP contribution is -2.14. The highest BCUT2D eigenvalue weighted by Gasteiger charge is 2.27. The Balaban J connectivity index is 2.11. The van der Waals surface area contributed by atoms with Crippen LogP contribution in [0.3, 0.4) is 0 Å². The smallest absolute Gasteiger partial charge is 0.306 e. The maximum absolute atomic E-state index is 11.8. The van der Waals surface area contributed by atoms with E-state index < -0.39 is 9.05 Å². The van der Waals surface area contributed by atoms with Gasteiger partial charge in [0.05, 0.1) is 16.8 Å². The van der Waals surface area contributed by atoms with E-state index in [9.17, 15) is 13.2 Å². The zero-order valence-electron chi connectivity index (χ0n) is 9.39. The van der Waals surface area contributed by atoms with Gasteiger partial charge < -0.3 is 4.98 Å². The molecule has 1 aliphatic rings. The molecule has 3 rings (SSSR count). The number of hydrogen-bond acceptors (Lipinski definition) is 3. The fourth-order valence-corrected chi connectivity index (χ4v) is 3.12. The molecule has 1 aromatic heterocycles. The second-order valence-corrected chi connectivity index (χ2v) is 7.34. The molecule has 1 saturated carbocycles. The van der Waals surface area contributed by atoms with E-state index >= 15 is 0 Å². The molecule has 0 atom stereocenters. The van der Waals surface area contributed by atoms with Crippen LogP contribution in [0.25, 0.3) is 11.0 Å². The predicted octanol–water partition coefficient (Wildman–Crippen LogP) is 1.73. The average Bonchev–Trinajstić information content (AvgIpc) is 2.99. The van der Waals surface area contributed by atoms with Crippen LogP contribution in [0.4, 0.5) is 0 Å². The molecule has 1 fully saturated rings. The number of halogens is 1. The Morgan fingerprint density at radius 2 is 2.11 bits per heavy atom. The molecule has 1 heterocycles. The summed E-state index contributed by atoms with van der Waals surface area (Å²) in [6, 6.07) is 5.40. The first-order valence-corrected chi connectivity index (χ1v) is 8.07. The topological polar surface area (TPSA) is 71.9 Å². The molecule has 18 heavy (non-hydrogen) atoms. The number of benzene rings is 1. The van der Waals surface area contributed by atoms with Gasteiger partial charge in [0.1, 0.15) is 0 Å². The van der Waals surface area contributed by atoms with Crippen LogP contribution in [0.15, 0.2) is 23.0 Å². The fraction of sp³-hybridized carbons (Fsp3) is 0.364. The van der Waals surface area contributed by atoms with E-state index in [2.05, 4.69) is 4.98 Å². The minimum atomic E-state index is -3.58. The number of nitrogens with one attached hydrogen (secondary N) is 1. The van der Waals surface area contributed by atoms with E-state index in [1.54, 1.807) is 22.8 Å². The van der Waals surface area contributed by atoms with Crippen molar-refractivity contribution in [3.05, 3.63) is 34.2 Å². The van der Waals surface area contributed by atoms with Crippen molar-refractivity contribution in [2.45, 2.75) is 24.6 Å². The van der Waals surface area contributed by atoms with Gasteiger partial charge in [0.25, 0.3) is 0 Å². The number of H-pyrrole nitrogens is 1. The number of fused-ring (bicyclic) bond motifs is 1. The van der Waals surface area contributed by atoms with E-state index in [1.165, 1.54) is 0 Å². The summed E-state index contributed by atoms with van der Waals surface area (Å²) in [5, 5.41) is 0. The molecule has 7 heteroatoms. The van der Waals surface area contributed by atoms with Gasteiger partial charge in [0.2, 0.25) is 9.05 Å². The minimum Gasteiger partial charge on any atom is -0.306 e. The molecule has 0 unspecified atom stereocenters. The van der Waals surface area contributed by atoms with E-state index in [4.69, 9.17) is 10.7 Å². The van der Waals surface area contributed by atoms with Gasteiger partial charge >= 0.3 is 5.69 Å². The van der Waals surface area contributed by atoms with Crippen molar-refractivity contribution in [3.8, 4) is 0 Å². The van der Waals surface area contributed by atoms with Crippen LogP contribution in [-0.2, 0) is 14.8 Å². The van der Waals surface area contributed by atoms with Crippen molar-refractivity contribution < 1.29 is 8.42 Å². The lowest BCUT2D eigenvalue weighted by molar-refractivity contribution is 0.609. The monoisotopic (exact) mass is 286 g/mol. The molecule has 0 radical (unpaired) electrons. The SMILES string of the molecule is O=c1[nH]c2cc(CS(=O)(=O)Cl)ccc2n1C1CC1. The highest BCUT2D eigenvalue weighted by molar-refractivity contribution is 8.13. The summed E-state index contributed by atoms with van der Waals surface area (Å²) < 4.78 is 23.8. The van der Waals surface area contributed by atoms with E-state index in [0.29, 0.717) is 11.1 Å². The number of imidazole rings is 1. The van der Waals surface area contributed by atoms with Gasteiger partial charge in [-0.2, -0.15) is 0 Å². The molecule has 1 N–H and O–H groups in total. The number of aromatic amines is 1. The fourth-order valence-electron chi connectivity index (χ4n) is 2.16. The molecule has 1 aromatic carbocycles. The zero-order valence-corrected chi connectivity index (χ0v) is 11.0. The van der Waals surface area contributed by atoms with Gasteiger partial charge in [-0.15, -0.1) is 0 Å². The van der Waals surface area contributed by atoms with Crippen molar-refractivity contribution in [2.24, 2.45) is 0 Å². The summed E-state index contributed by atoms with van der Waals surface area (Å²) in [5.74, 6) is -0.235. The van der Waals surface area contributed by atoms with Gasteiger partial charge in [-0.05, 0) is 30.5 Å². The first-order chi connectivity index (χ1) is 8.44. The van der Waals surface area contributed by atoms with E-state index in [-0.39, 0.29) is 17.5 Å². The van der Waals surface area contributed by atoms with Gasteiger partial charge in [-0.25, -0.2) is 13.2 Å². The third-order valence-electron chi connectivity index (χ3n) is 3.03. The van der Waals surface area contributed by atoms with Gasteiger partial charge in [0, 0.05) is 16.7 Å². The lowest BCUT2D eigenvalue weighted by Gasteiger charge is -2.01. The molecule has 0 spiro atoms. The summed E-state index contributed by atoms with van der Waals surface area (Å²) in [6.07, 6.45) is 2.04. The molecule has 5 nitrogen and oxygen atoms in total. The second kappa shape index (κ2) is 3.86. The number of aromatic nitrogens is 2. The Morgan fingerprint density at radius 3 is 2.72 bits per heavy atom. The lowest BCUT2D eigenvalue weighted by atomic mass is 10.2. The standard InChI is InChI=1S/C11H11ClN2O3S/c12-18(16,17)6-7-1-4-10-9(5-7)13-11(15)14(10)8-2-3-8/h1,4-5,8H,2-3,6H2,(H,13,15).